The summed E-state index contributed by atoms with van der Waals surface area (Å²) in [6, 6.07) is 11.5. The third-order valence-electron chi connectivity index (χ3n) is 4.74. The van der Waals surface area contributed by atoms with Crippen LogP contribution in [-0.4, -0.2) is 26.7 Å². The average molecular weight is 355 g/mol. The van der Waals surface area contributed by atoms with Crippen molar-refractivity contribution in [2.24, 2.45) is 0 Å². The van der Waals surface area contributed by atoms with Gasteiger partial charge in [0.05, 0.1) is 26.5 Å². The van der Waals surface area contributed by atoms with Crippen LogP contribution in [0.2, 0.25) is 0 Å². The summed E-state index contributed by atoms with van der Waals surface area (Å²) < 4.78 is 16.4. The van der Waals surface area contributed by atoms with E-state index in [1.165, 1.54) is 11.1 Å². The van der Waals surface area contributed by atoms with E-state index in [0.717, 1.165) is 18.6 Å². The highest BCUT2D eigenvalue weighted by Crippen LogP contribution is 2.42. The molecule has 1 aliphatic rings. The predicted octanol–water partition coefficient (Wildman–Crippen LogP) is 4.16. The van der Waals surface area contributed by atoms with Crippen LogP contribution in [0.1, 0.15) is 36.8 Å². The van der Waals surface area contributed by atoms with Crippen molar-refractivity contribution >= 4 is 11.6 Å². The predicted molar refractivity (Wildman–Crippen MR) is 101 cm³/mol. The maximum atomic E-state index is 12.6. The number of rotatable bonds is 7. The molecule has 0 bridgehead atoms. The van der Waals surface area contributed by atoms with E-state index in [2.05, 4.69) is 5.32 Å². The second kappa shape index (κ2) is 8.13. The summed E-state index contributed by atoms with van der Waals surface area (Å²) in [5.74, 6) is 2.32. The number of anilines is 1. The fraction of sp³-hybridized carbons (Fsp3) is 0.381. The van der Waals surface area contributed by atoms with E-state index >= 15 is 0 Å². The monoisotopic (exact) mass is 355 g/mol. The minimum Gasteiger partial charge on any atom is -0.493 e. The lowest BCUT2D eigenvalue weighted by Gasteiger charge is -2.16. The van der Waals surface area contributed by atoms with Crippen LogP contribution < -0.4 is 19.5 Å². The van der Waals surface area contributed by atoms with Gasteiger partial charge in [-0.05, 0) is 61.1 Å². The number of hydrogen-bond acceptors (Lipinski definition) is 4. The Kier molecular flexibility index (Phi) is 5.66. The van der Waals surface area contributed by atoms with Crippen LogP contribution in [0.15, 0.2) is 36.4 Å². The van der Waals surface area contributed by atoms with Gasteiger partial charge in [-0.1, -0.05) is 12.1 Å². The van der Waals surface area contributed by atoms with Crippen molar-refractivity contribution in [1.82, 2.24) is 0 Å². The smallest absolute Gasteiger partial charge is 0.225 e. The van der Waals surface area contributed by atoms with Crippen LogP contribution in [0, 0.1) is 0 Å². The number of methoxy groups -OCH3 is 2. The highest BCUT2D eigenvalue weighted by Gasteiger charge is 2.27. The molecule has 1 N–H and O–H groups in total. The number of hydrogen-bond donors (Lipinski definition) is 1. The van der Waals surface area contributed by atoms with Gasteiger partial charge in [-0.15, -0.1) is 0 Å². The van der Waals surface area contributed by atoms with E-state index in [1.54, 1.807) is 14.2 Å². The molecule has 1 amide bonds. The summed E-state index contributed by atoms with van der Waals surface area (Å²) in [5.41, 5.74) is 3.12. The zero-order valence-electron chi connectivity index (χ0n) is 15.5. The van der Waals surface area contributed by atoms with Gasteiger partial charge in [0.2, 0.25) is 5.91 Å². The van der Waals surface area contributed by atoms with Crippen molar-refractivity contribution in [3.8, 4) is 17.2 Å². The van der Waals surface area contributed by atoms with Gasteiger partial charge in [0.25, 0.3) is 0 Å². The standard InChI is InChI=1S/C21H25NO4/c1-4-26-18-8-6-5-7-17(18)22-21(23)12-15-10-9-14-11-19(24-2)20(25-3)13-16(14)15/h5-8,11,13,15H,4,9-10,12H2,1-3H3,(H,22,23). The Bertz CT molecular complexity index is 788. The van der Waals surface area contributed by atoms with Crippen molar-refractivity contribution in [2.75, 3.05) is 26.1 Å². The number of amides is 1. The quantitative estimate of drug-likeness (QED) is 0.810. The Morgan fingerprint density at radius 3 is 2.58 bits per heavy atom. The molecule has 0 radical (unpaired) electrons. The lowest BCUT2D eigenvalue weighted by atomic mass is 9.97. The summed E-state index contributed by atoms with van der Waals surface area (Å²) in [7, 11) is 3.27. The fourth-order valence-electron chi connectivity index (χ4n) is 3.51. The van der Waals surface area contributed by atoms with Crippen molar-refractivity contribution in [3.05, 3.63) is 47.5 Å². The molecule has 0 aromatic heterocycles. The van der Waals surface area contributed by atoms with Crippen LogP contribution in [0.3, 0.4) is 0 Å². The largest absolute Gasteiger partial charge is 0.493 e. The van der Waals surface area contributed by atoms with Gasteiger partial charge in [-0.2, -0.15) is 0 Å². The summed E-state index contributed by atoms with van der Waals surface area (Å²) in [5, 5.41) is 2.98. The minimum absolute atomic E-state index is 0.00946. The maximum Gasteiger partial charge on any atom is 0.225 e. The minimum atomic E-state index is -0.00946. The molecular weight excluding hydrogens is 330 g/mol. The van der Waals surface area contributed by atoms with Gasteiger partial charge in [0.1, 0.15) is 5.75 Å². The van der Waals surface area contributed by atoms with Crippen LogP contribution in [0.4, 0.5) is 5.69 Å². The third kappa shape index (κ3) is 3.77. The van der Waals surface area contributed by atoms with Crippen molar-refractivity contribution in [3.63, 3.8) is 0 Å². The number of para-hydroxylation sites is 2. The van der Waals surface area contributed by atoms with Crippen LogP contribution in [0.5, 0.6) is 17.2 Å². The van der Waals surface area contributed by atoms with Gasteiger partial charge in [0.15, 0.2) is 11.5 Å². The first kappa shape index (κ1) is 18.1. The van der Waals surface area contributed by atoms with Crippen molar-refractivity contribution in [1.29, 1.82) is 0 Å². The van der Waals surface area contributed by atoms with Gasteiger partial charge in [-0.25, -0.2) is 0 Å². The van der Waals surface area contributed by atoms with E-state index in [-0.39, 0.29) is 11.8 Å². The van der Waals surface area contributed by atoms with E-state index < -0.39 is 0 Å². The Balaban J connectivity index is 1.73. The third-order valence-corrected chi connectivity index (χ3v) is 4.74. The molecule has 0 heterocycles. The Morgan fingerprint density at radius 1 is 1.12 bits per heavy atom. The number of ether oxygens (including phenoxy) is 3. The molecule has 2 aromatic carbocycles. The first-order valence-corrected chi connectivity index (χ1v) is 8.92. The van der Waals surface area contributed by atoms with Gasteiger partial charge < -0.3 is 19.5 Å². The normalized spacial score (nSPS) is 15.3. The lowest BCUT2D eigenvalue weighted by Crippen LogP contribution is -2.15. The molecule has 0 fully saturated rings. The topological polar surface area (TPSA) is 56.8 Å². The zero-order valence-corrected chi connectivity index (χ0v) is 15.5. The SMILES string of the molecule is CCOc1ccccc1NC(=O)CC1CCc2cc(OC)c(OC)cc21. The molecule has 5 heteroatoms. The zero-order chi connectivity index (χ0) is 18.5. The number of aryl methyl sites for hydroxylation is 1. The molecular formula is C21H25NO4. The lowest BCUT2D eigenvalue weighted by molar-refractivity contribution is -0.116. The Morgan fingerprint density at radius 2 is 1.85 bits per heavy atom. The molecule has 5 nitrogen and oxygen atoms in total. The Labute approximate surface area is 154 Å². The molecule has 2 aromatic rings. The van der Waals surface area contributed by atoms with Gasteiger partial charge in [0, 0.05) is 6.42 Å². The second-order valence-electron chi connectivity index (χ2n) is 6.32. The van der Waals surface area contributed by atoms with E-state index in [4.69, 9.17) is 14.2 Å². The molecule has 0 aliphatic heterocycles. The van der Waals surface area contributed by atoms with E-state index in [1.807, 2.05) is 43.3 Å². The summed E-state index contributed by atoms with van der Waals surface area (Å²) in [4.78, 5) is 12.6. The number of carbonyl (C=O) groups is 1. The number of carbonyl (C=O) groups excluding carboxylic acids is 1. The summed E-state index contributed by atoms with van der Waals surface area (Å²) in [6.45, 7) is 2.49. The first-order chi connectivity index (χ1) is 12.7. The molecule has 1 aliphatic carbocycles. The van der Waals surface area contributed by atoms with Gasteiger partial charge >= 0.3 is 0 Å². The average Bonchev–Trinajstić information content (AvgIpc) is 3.04. The molecule has 1 atom stereocenters. The molecule has 0 spiro atoms. The number of nitrogens with one attached hydrogen (secondary N) is 1. The van der Waals surface area contributed by atoms with E-state index in [0.29, 0.717) is 30.2 Å². The van der Waals surface area contributed by atoms with Crippen LogP contribution in [-0.2, 0) is 11.2 Å². The summed E-state index contributed by atoms with van der Waals surface area (Å²) >= 11 is 0. The highest BCUT2D eigenvalue weighted by molar-refractivity contribution is 5.92. The van der Waals surface area contributed by atoms with Gasteiger partial charge in [-0.3, -0.25) is 4.79 Å². The maximum absolute atomic E-state index is 12.6. The molecule has 1 unspecified atom stereocenters. The highest BCUT2D eigenvalue weighted by atomic mass is 16.5. The second-order valence-corrected chi connectivity index (χ2v) is 6.32. The summed E-state index contributed by atoms with van der Waals surface area (Å²) in [6.07, 6.45) is 2.33. The molecule has 138 valence electrons. The van der Waals surface area contributed by atoms with E-state index in [9.17, 15) is 4.79 Å². The van der Waals surface area contributed by atoms with Crippen molar-refractivity contribution in [2.45, 2.75) is 32.1 Å². The number of benzene rings is 2. The first-order valence-electron chi connectivity index (χ1n) is 8.92. The van der Waals surface area contributed by atoms with Crippen molar-refractivity contribution < 1.29 is 19.0 Å². The van der Waals surface area contributed by atoms with Crippen LogP contribution in [0.25, 0.3) is 0 Å². The molecule has 0 saturated carbocycles. The molecule has 3 rings (SSSR count). The fourth-order valence-corrected chi connectivity index (χ4v) is 3.51. The molecule has 0 saturated heterocycles. The van der Waals surface area contributed by atoms with Crippen LogP contribution >= 0.6 is 0 Å². The number of fused-ring (bicyclic) bond motifs is 1. The molecule has 26 heavy (non-hydrogen) atoms. The Hall–Kier alpha value is -2.69.